The van der Waals surface area contributed by atoms with Gasteiger partial charge in [-0.3, -0.25) is 0 Å². The molecule has 1 N–H and O–H groups in total. The van der Waals surface area contributed by atoms with Crippen LogP contribution in [-0.4, -0.2) is 12.6 Å². The molecule has 1 saturated heterocycles. The van der Waals surface area contributed by atoms with Gasteiger partial charge in [0.25, 0.3) is 0 Å². The molecule has 2 heteroatoms. The molecule has 0 bridgehead atoms. The van der Waals surface area contributed by atoms with Gasteiger partial charge in [-0.15, -0.1) is 0 Å². The van der Waals surface area contributed by atoms with Crippen molar-refractivity contribution in [1.82, 2.24) is 5.32 Å². The van der Waals surface area contributed by atoms with Crippen molar-refractivity contribution in [3.05, 3.63) is 48.0 Å². The van der Waals surface area contributed by atoms with Crippen LogP contribution in [0.15, 0.2) is 42.5 Å². The minimum absolute atomic E-state index is 0.0236. The van der Waals surface area contributed by atoms with Crippen LogP contribution in [0, 0.1) is 0 Å². The third-order valence-corrected chi connectivity index (χ3v) is 3.82. The van der Waals surface area contributed by atoms with E-state index in [1.807, 2.05) is 42.5 Å². The van der Waals surface area contributed by atoms with Crippen LogP contribution in [-0.2, 0) is 0 Å². The van der Waals surface area contributed by atoms with E-state index in [0.29, 0.717) is 0 Å². The van der Waals surface area contributed by atoms with Crippen LogP contribution in [0.5, 0.6) is 0 Å². The van der Waals surface area contributed by atoms with E-state index in [2.05, 4.69) is 5.32 Å². The minimum atomic E-state index is -0.906. The zero-order valence-electron chi connectivity index (χ0n) is 10.4. The molecule has 2 atom stereocenters. The molecule has 18 heavy (non-hydrogen) atoms. The Bertz CT molecular complexity index is 526. The molecule has 2 unspecified atom stereocenters. The first-order chi connectivity index (χ1) is 8.86. The van der Waals surface area contributed by atoms with Crippen molar-refractivity contribution in [2.45, 2.75) is 31.5 Å². The molecule has 0 radical (unpaired) electrons. The number of piperidine rings is 1. The summed E-state index contributed by atoms with van der Waals surface area (Å²) in [6.07, 6.45) is 2.32. The molecule has 94 valence electrons. The van der Waals surface area contributed by atoms with Gasteiger partial charge in [-0.25, -0.2) is 4.39 Å². The van der Waals surface area contributed by atoms with E-state index in [9.17, 15) is 4.39 Å². The SMILES string of the molecule is FC(c1cccc2ccccc12)C1CCCCN1. The minimum Gasteiger partial charge on any atom is -0.311 e. The Kier molecular flexibility index (Phi) is 3.28. The summed E-state index contributed by atoms with van der Waals surface area (Å²) < 4.78 is 14.7. The maximum atomic E-state index is 14.7. The van der Waals surface area contributed by atoms with Crippen molar-refractivity contribution in [3.63, 3.8) is 0 Å². The van der Waals surface area contributed by atoms with Crippen LogP contribution in [0.4, 0.5) is 4.39 Å². The predicted octanol–water partition coefficient (Wildman–Crippen LogP) is 3.99. The van der Waals surface area contributed by atoms with Gasteiger partial charge in [0, 0.05) is 6.04 Å². The van der Waals surface area contributed by atoms with Gasteiger partial charge in [0.2, 0.25) is 0 Å². The number of halogens is 1. The molecule has 0 aromatic heterocycles. The van der Waals surface area contributed by atoms with Crippen LogP contribution < -0.4 is 5.32 Å². The van der Waals surface area contributed by atoms with Crippen molar-refractivity contribution < 1.29 is 4.39 Å². The highest BCUT2D eigenvalue weighted by molar-refractivity contribution is 5.86. The molecule has 1 heterocycles. The van der Waals surface area contributed by atoms with Gasteiger partial charge in [-0.1, -0.05) is 48.9 Å². The van der Waals surface area contributed by atoms with Crippen LogP contribution in [0.3, 0.4) is 0 Å². The highest BCUT2D eigenvalue weighted by Crippen LogP contribution is 2.31. The molecular formula is C16H18FN. The fourth-order valence-corrected chi connectivity index (χ4v) is 2.84. The molecule has 1 aliphatic heterocycles. The van der Waals surface area contributed by atoms with Crippen molar-refractivity contribution >= 4 is 10.8 Å². The number of nitrogens with one attached hydrogen (secondary N) is 1. The average Bonchev–Trinajstić information content (AvgIpc) is 2.47. The van der Waals surface area contributed by atoms with Crippen molar-refractivity contribution in [2.75, 3.05) is 6.54 Å². The largest absolute Gasteiger partial charge is 0.311 e. The molecule has 0 saturated carbocycles. The van der Waals surface area contributed by atoms with Crippen LogP contribution in [0.25, 0.3) is 10.8 Å². The average molecular weight is 243 g/mol. The monoisotopic (exact) mass is 243 g/mol. The summed E-state index contributed by atoms with van der Waals surface area (Å²) in [6, 6.07) is 13.9. The molecule has 1 nitrogen and oxygen atoms in total. The van der Waals surface area contributed by atoms with Gasteiger partial charge in [0.05, 0.1) is 0 Å². The molecular weight excluding hydrogens is 225 g/mol. The van der Waals surface area contributed by atoms with Gasteiger partial charge in [-0.05, 0) is 35.7 Å². The summed E-state index contributed by atoms with van der Waals surface area (Å²) in [4.78, 5) is 0. The fourth-order valence-electron chi connectivity index (χ4n) is 2.84. The maximum Gasteiger partial charge on any atom is 0.141 e. The summed E-state index contributed by atoms with van der Waals surface area (Å²) in [5.41, 5.74) is 0.826. The number of hydrogen-bond acceptors (Lipinski definition) is 1. The van der Waals surface area contributed by atoms with Crippen LogP contribution >= 0.6 is 0 Å². The Labute approximate surface area is 107 Å². The second-order valence-electron chi connectivity index (χ2n) is 5.03. The van der Waals surface area contributed by atoms with Crippen LogP contribution in [0.2, 0.25) is 0 Å². The van der Waals surface area contributed by atoms with E-state index in [1.165, 1.54) is 6.42 Å². The number of rotatable bonds is 2. The number of alkyl halides is 1. The lowest BCUT2D eigenvalue weighted by Crippen LogP contribution is -2.37. The molecule has 3 rings (SSSR count). The van der Waals surface area contributed by atoms with Crippen molar-refractivity contribution in [1.29, 1.82) is 0 Å². The van der Waals surface area contributed by atoms with Crippen LogP contribution in [0.1, 0.15) is 31.0 Å². The Morgan fingerprint density at radius 2 is 1.89 bits per heavy atom. The first kappa shape index (κ1) is 11.7. The van der Waals surface area contributed by atoms with E-state index < -0.39 is 6.17 Å². The van der Waals surface area contributed by atoms with E-state index in [1.54, 1.807) is 0 Å². The zero-order chi connectivity index (χ0) is 12.4. The van der Waals surface area contributed by atoms with Gasteiger partial charge in [0.1, 0.15) is 6.17 Å². The highest BCUT2D eigenvalue weighted by atomic mass is 19.1. The van der Waals surface area contributed by atoms with E-state index in [0.717, 1.165) is 35.7 Å². The summed E-state index contributed by atoms with van der Waals surface area (Å²) >= 11 is 0. The summed E-state index contributed by atoms with van der Waals surface area (Å²) in [5.74, 6) is 0. The van der Waals surface area contributed by atoms with Gasteiger partial charge in [-0.2, -0.15) is 0 Å². The molecule has 1 fully saturated rings. The maximum absolute atomic E-state index is 14.7. The number of fused-ring (bicyclic) bond motifs is 1. The Morgan fingerprint density at radius 3 is 2.72 bits per heavy atom. The first-order valence-corrected chi connectivity index (χ1v) is 6.71. The summed E-state index contributed by atoms with van der Waals surface area (Å²) in [7, 11) is 0. The molecule has 0 amide bonds. The smallest absolute Gasteiger partial charge is 0.141 e. The van der Waals surface area contributed by atoms with E-state index >= 15 is 0 Å². The summed E-state index contributed by atoms with van der Waals surface area (Å²) in [6.45, 7) is 0.940. The van der Waals surface area contributed by atoms with Crippen molar-refractivity contribution in [2.24, 2.45) is 0 Å². The van der Waals surface area contributed by atoms with E-state index in [-0.39, 0.29) is 6.04 Å². The molecule has 0 aliphatic carbocycles. The number of benzene rings is 2. The lowest BCUT2D eigenvalue weighted by molar-refractivity contribution is 0.222. The molecule has 0 spiro atoms. The van der Waals surface area contributed by atoms with E-state index in [4.69, 9.17) is 0 Å². The first-order valence-electron chi connectivity index (χ1n) is 6.71. The molecule has 2 aromatic carbocycles. The molecule has 2 aromatic rings. The third kappa shape index (κ3) is 2.13. The Balaban J connectivity index is 1.97. The third-order valence-electron chi connectivity index (χ3n) is 3.82. The van der Waals surface area contributed by atoms with Crippen molar-refractivity contribution in [3.8, 4) is 0 Å². The normalized spacial score (nSPS) is 21.9. The lowest BCUT2D eigenvalue weighted by Gasteiger charge is -2.27. The number of hydrogen-bond donors (Lipinski definition) is 1. The highest BCUT2D eigenvalue weighted by Gasteiger charge is 2.25. The quantitative estimate of drug-likeness (QED) is 0.841. The van der Waals surface area contributed by atoms with Gasteiger partial charge >= 0.3 is 0 Å². The molecule has 1 aliphatic rings. The Hall–Kier alpha value is -1.41. The van der Waals surface area contributed by atoms with Gasteiger partial charge < -0.3 is 5.32 Å². The fraction of sp³-hybridized carbons (Fsp3) is 0.375. The van der Waals surface area contributed by atoms with Gasteiger partial charge in [0.15, 0.2) is 0 Å². The Morgan fingerprint density at radius 1 is 1.06 bits per heavy atom. The standard InChI is InChI=1S/C16H18FN/c17-16(15-10-3-4-11-18-15)14-9-5-7-12-6-1-2-8-13(12)14/h1-2,5-9,15-16,18H,3-4,10-11H2. The second kappa shape index (κ2) is 5.07. The summed E-state index contributed by atoms with van der Waals surface area (Å²) in [5, 5.41) is 5.47. The zero-order valence-corrected chi connectivity index (χ0v) is 10.4. The predicted molar refractivity (Wildman–Crippen MR) is 73.4 cm³/mol. The topological polar surface area (TPSA) is 12.0 Å². The lowest BCUT2D eigenvalue weighted by atomic mass is 9.93. The second-order valence-corrected chi connectivity index (χ2v) is 5.03.